The van der Waals surface area contributed by atoms with Crippen molar-refractivity contribution >= 4 is 22.5 Å². The number of nitriles is 1. The lowest BCUT2D eigenvalue weighted by Crippen LogP contribution is -2.56. The summed E-state index contributed by atoms with van der Waals surface area (Å²) in [5, 5.41) is 11.5. The fourth-order valence-electron chi connectivity index (χ4n) is 8.91. The number of fused-ring (bicyclic) bond motifs is 5. The molecule has 8 nitrogen and oxygen atoms in total. The summed E-state index contributed by atoms with van der Waals surface area (Å²) in [5.41, 5.74) is 7.45. The predicted octanol–water partition coefficient (Wildman–Crippen LogP) is 5.56. The van der Waals surface area contributed by atoms with Crippen LogP contribution in [-0.2, 0) is 11.2 Å². The number of pyridine rings is 1. The lowest BCUT2D eigenvalue weighted by molar-refractivity contribution is -0.128. The number of ether oxygens (including phenoxy) is 1. The molecule has 1 aromatic heterocycles. The number of amides is 1. The van der Waals surface area contributed by atoms with Crippen molar-refractivity contribution in [1.82, 2.24) is 14.8 Å². The van der Waals surface area contributed by atoms with Gasteiger partial charge < -0.3 is 19.4 Å². The lowest BCUT2D eigenvalue weighted by Gasteiger charge is -2.40. The molecule has 0 bridgehead atoms. The molecule has 2 unspecified atom stereocenters. The summed E-state index contributed by atoms with van der Waals surface area (Å²) in [5.74, 6) is 1.69. The minimum absolute atomic E-state index is 0.0220. The molecular weight excluding hydrogens is 560 g/mol. The topological polar surface area (TPSA) is 77.1 Å². The number of carbonyl (C=O) groups is 1. The minimum Gasteiger partial charge on any atom is -0.475 e. The molecule has 3 atom stereocenters. The summed E-state index contributed by atoms with van der Waals surface area (Å²) in [6.45, 7) is 15.6. The summed E-state index contributed by atoms with van der Waals surface area (Å²) in [6, 6.07) is 15.3. The normalized spacial score (nSPS) is 24.4. The number of anilines is 1. The van der Waals surface area contributed by atoms with Crippen LogP contribution in [0.1, 0.15) is 54.7 Å². The Bertz CT molecular complexity index is 1790. The van der Waals surface area contributed by atoms with Crippen LogP contribution in [-0.4, -0.2) is 78.1 Å². The summed E-state index contributed by atoms with van der Waals surface area (Å²) < 4.78 is 6.62. The van der Waals surface area contributed by atoms with Crippen LogP contribution >= 0.6 is 0 Å². The lowest BCUT2D eigenvalue weighted by atomic mass is 9.93. The van der Waals surface area contributed by atoms with Crippen molar-refractivity contribution in [3.63, 3.8) is 0 Å². The van der Waals surface area contributed by atoms with Gasteiger partial charge in [0.05, 0.1) is 16.7 Å². The molecule has 2 aromatic carbocycles. The average molecular weight is 599 g/mol. The number of hydrogen-bond donors (Lipinski definition) is 0. The maximum absolute atomic E-state index is 12.7. The zero-order valence-corrected chi connectivity index (χ0v) is 25.7. The van der Waals surface area contributed by atoms with Crippen LogP contribution in [0, 0.1) is 23.8 Å². The van der Waals surface area contributed by atoms with Gasteiger partial charge in [-0.1, -0.05) is 36.9 Å². The van der Waals surface area contributed by atoms with Crippen LogP contribution in [0.2, 0.25) is 0 Å². The van der Waals surface area contributed by atoms with Crippen molar-refractivity contribution in [1.29, 1.82) is 5.26 Å². The zero-order chi connectivity index (χ0) is 30.7. The maximum Gasteiger partial charge on any atom is 0.246 e. The van der Waals surface area contributed by atoms with Crippen molar-refractivity contribution in [2.24, 2.45) is 5.92 Å². The number of nitrogens with zero attached hydrogens (tertiary/aromatic N) is 6. The molecule has 8 heteroatoms. The van der Waals surface area contributed by atoms with Crippen molar-refractivity contribution in [2.45, 2.75) is 56.0 Å². The highest BCUT2D eigenvalue weighted by Gasteiger charge is 2.47. The second kappa shape index (κ2) is 10.9. The highest BCUT2D eigenvalue weighted by molar-refractivity contribution is 5.98. The third-order valence-electron chi connectivity index (χ3n) is 11.2. The Morgan fingerprint density at radius 2 is 2.04 bits per heavy atom. The van der Waals surface area contributed by atoms with Crippen LogP contribution in [0.4, 0.5) is 5.69 Å². The molecule has 228 valence electrons. The van der Waals surface area contributed by atoms with E-state index in [2.05, 4.69) is 63.7 Å². The first-order valence-corrected chi connectivity index (χ1v) is 16.4. The molecule has 3 aliphatic heterocycles. The zero-order valence-electron chi connectivity index (χ0n) is 25.7. The van der Waals surface area contributed by atoms with Crippen molar-refractivity contribution in [2.75, 3.05) is 50.8 Å². The number of benzene rings is 2. The van der Waals surface area contributed by atoms with E-state index in [1.807, 2.05) is 0 Å². The molecule has 45 heavy (non-hydrogen) atoms. The van der Waals surface area contributed by atoms with Gasteiger partial charge in [-0.15, -0.1) is 0 Å². The first-order valence-electron chi connectivity index (χ1n) is 16.4. The smallest absolute Gasteiger partial charge is 0.246 e. The molecule has 1 amide bonds. The maximum atomic E-state index is 12.7. The molecule has 0 radical (unpaired) electrons. The van der Waals surface area contributed by atoms with Crippen LogP contribution in [0.5, 0.6) is 5.88 Å². The van der Waals surface area contributed by atoms with Crippen molar-refractivity contribution in [3.05, 3.63) is 77.2 Å². The summed E-state index contributed by atoms with van der Waals surface area (Å²) in [4.78, 5) is 27.9. The highest BCUT2D eigenvalue weighted by atomic mass is 16.5. The summed E-state index contributed by atoms with van der Waals surface area (Å²) in [7, 11) is 0. The summed E-state index contributed by atoms with van der Waals surface area (Å²) in [6.07, 6.45) is 8.35. The molecule has 5 aliphatic rings. The number of hydrogen-bond acceptors (Lipinski definition) is 6. The van der Waals surface area contributed by atoms with E-state index < -0.39 is 0 Å². The molecule has 3 aromatic rings. The minimum atomic E-state index is -0.303. The molecule has 4 fully saturated rings. The fourth-order valence-corrected chi connectivity index (χ4v) is 8.91. The largest absolute Gasteiger partial charge is 0.475 e. The third-order valence-corrected chi connectivity index (χ3v) is 11.2. The molecule has 1 saturated carbocycles. The molecule has 0 N–H and O–H groups in total. The van der Waals surface area contributed by atoms with Gasteiger partial charge in [0.2, 0.25) is 18.3 Å². The molecule has 8 rings (SSSR count). The van der Waals surface area contributed by atoms with Crippen molar-refractivity contribution in [3.8, 4) is 23.1 Å². The molecular formula is C37H38N6O2. The average Bonchev–Trinajstić information content (AvgIpc) is 3.34. The van der Waals surface area contributed by atoms with Crippen LogP contribution in [0.15, 0.2) is 49.1 Å². The van der Waals surface area contributed by atoms with Gasteiger partial charge in [-0.05, 0) is 97.8 Å². The van der Waals surface area contributed by atoms with E-state index in [0.29, 0.717) is 43.6 Å². The van der Waals surface area contributed by atoms with Gasteiger partial charge in [0.1, 0.15) is 24.3 Å². The van der Waals surface area contributed by atoms with E-state index in [1.54, 1.807) is 4.90 Å². The van der Waals surface area contributed by atoms with E-state index in [1.165, 1.54) is 48.4 Å². The SMILES string of the molecule is [C-]#[N+]C[C@H]1CN(c2c(C#N)c(OCC34CCCN3CCC4)nc3cc(-c4cccc5c4C4CC4C5)ccc23)CCN1C(=O)C=C. The van der Waals surface area contributed by atoms with Gasteiger partial charge in [-0.3, -0.25) is 9.69 Å². The van der Waals surface area contributed by atoms with E-state index in [0.717, 1.165) is 54.0 Å². The number of piperazine rings is 1. The number of carbonyl (C=O) groups excluding carboxylic acids is 1. The first-order chi connectivity index (χ1) is 22.0. The molecule has 4 heterocycles. The van der Waals surface area contributed by atoms with Crippen molar-refractivity contribution < 1.29 is 9.53 Å². The monoisotopic (exact) mass is 598 g/mol. The van der Waals surface area contributed by atoms with Gasteiger partial charge in [-0.2, -0.15) is 5.26 Å². The fraction of sp³-hybridized carbons (Fsp3) is 0.459. The Hall–Kier alpha value is -4.40. The second-order valence-corrected chi connectivity index (χ2v) is 13.6. The number of aromatic nitrogens is 1. The quantitative estimate of drug-likeness (QED) is 0.262. The Morgan fingerprint density at radius 1 is 1.20 bits per heavy atom. The Morgan fingerprint density at radius 3 is 2.82 bits per heavy atom. The van der Waals surface area contributed by atoms with Gasteiger partial charge in [0.25, 0.3) is 0 Å². The summed E-state index contributed by atoms with van der Waals surface area (Å²) >= 11 is 0. The second-order valence-electron chi connectivity index (χ2n) is 13.6. The van der Waals surface area contributed by atoms with Crippen LogP contribution < -0.4 is 9.64 Å². The Labute approximate surface area is 264 Å². The van der Waals surface area contributed by atoms with Gasteiger partial charge in [0.15, 0.2) is 0 Å². The van der Waals surface area contributed by atoms with Crippen LogP contribution in [0.3, 0.4) is 0 Å². The van der Waals surface area contributed by atoms with E-state index in [9.17, 15) is 10.1 Å². The predicted molar refractivity (Wildman–Crippen MR) is 174 cm³/mol. The van der Waals surface area contributed by atoms with E-state index in [4.69, 9.17) is 16.3 Å². The molecule has 2 aliphatic carbocycles. The van der Waals surface area contributed by atoms with Gasteiger partial charge in [0, 0.05) is 25.0 Å². The van der Waals surface area contributed by atoms with Gasteiger partial charge in [-0.25, -0.2) is 11.6 Å². The Kier molecular flexibility index (Phi) is 6.80. The Balaban J connectivity index is 1.23. The van der Waals surface area contributed by atoms with Gasteiger partial charge >= 0.3 is 0 Å². The van der Waals surface area contributed by atoms with Crippen LogP contribution in [0.25, 0.3) is 26.9 Å². The number of rotatable bonds is 7. The first kappa shape index (κ1) is 28.1. The molecule has 0 spiro atoms. The standard InChI is InChI=1S/C37H38N6O2/c1-3-33(44)43-16-15-41(22-27(43)21-39-2)35-29-10-9-24(28-8-4-7-25-17-26-18-30(26)34(25)28)19-32(29)40-36(31(35)20-38)45-23-37-11-5-13-42(37)14-6-12-37/h3-4,7-10,19,26-27,30H,1,5-6,11-18,21-23H2/t26?,27-,30?/m0/s1. The van der Waals surface area contributed by atoms with E-state index >= 15 is 0 Å². The van der Waals surface area contributed by atoms with E-state index in [-0.39, 0.29) is 24.0 Å². The highest BCUT2D eigenvalue weighted by Crippen LogP contribution is 2.58. The molecule has 3 saturated heterocycles. The third kappa shape index (κ3) is 4.58.